The molecule has 1 aliphatic heterocycles. The monoisotopic (exact) mass is 299 g/mol. The molecule has 1 heterocycles. The quantitative estimate of drug-likeness (QED) is 0.913. The number of amides is 1. The molecule has 1 aromatic rings. The molecule has 0 bridgehead atoms. The molecule has 1 aliphatic rings. The van der Waals surface area contributed by atoms with Gasteiger partial charge in [-0.2, -0.15) is 0 Å². The van der Waals surface area contributed by atoms with Crippen molar-refractivity contribution >= 4 is 27.7 Å². The number of hydrogen-bond acceptors (Lipinski definition) is 3. The SMILES string of the molecule is Cc1ccc(N2CCC(CO)OC2=O)c(Br)c1. The first kappa shape index (κ1) is 12.4. The van der Waals surface area contributed by atoms with E-state index in [1.54, 1.807) is 4.90 Å². The molecule has 1 fully saturated rings. The maximum Gasteiger partial charge on any atom is 0.414 e. The van der Waals surface area contributed by atoms with Gasteiger partial charge in [-0.05, 0) is 40.5 Å². The summed E-state index contributed by atoms with van der Waals surface area (Å²) in [7, 11) is 0. The zero-order valence-corrected chi connectivity index (χ0v) is 11.1. The van der Waals surface area contributed by atoms with Crippen molar-refractivity contribution in [2.45, 2.75) is 19.4 Å². The van der Waals surface area contributed by atoms with Gasteiger partial charge in [0.15, 0.2) is 0 Å². The maximum absolute atomic E-state index is 11.8. The van der Waals surface area contributed by atoms with E-state index in [4.69, 9.17) is 9.84 Å². The summed E-state index contributed by atoms with van der Waals surface area (Å²) in [5.41, 5.74) is 1.93. The third-order valence-electron chi connectivity index (χ3n) is 2.76. The lowest BCUT2D eigenvalue weighted by atomic mass is 10.2. The Bertz CT molecular complexity index is 436. The zero-order chi connectivity index (χ0) is 12.4. The lowest BCUT2D eigenvalue weighted by Crippen LogP contribution is -2.43. The number of hydrogen-bond donors (Lipinski definition) is 1. The smallest absolute Gasteiger partial charge is 0.414 e. The molecule has 92 valence electrons. The van der Waals surface area contributed by atoms with Crippen molar-refractivity contribution in [2.75, 3.05) is 18.1 Å². The van der Waals surface area contributed by atoms with E-state index in [-0.39, 0.29) is 12.7 Å². The average molecular weight is 300 g/mol. The van der Waals surface area contributed by atoms with E-state index in [1.807, 2.05) is 25.1 Å². The van der Waals surface area contributed by atoms with Gasteiger partial charge in [0, 0.05) is 17.4 Å². The van der Waals surface area contributed by atoms with Crippen LogP contribution in [0.3, 0.4) is 0 Å². The number of aryl methyl sites for hydroxylation is 1. The lowest BCUT2D eigenvalue weighted by molar-refractivity contribution is 0.0452. The van der Waals surface area contributed by atoms with E-state index < -0.39 is 6.09 Å². The number of halogens is 1. The first-order chi connectivity index (χ1) is 8.11. The highest BCUT2D eigenvalue weighted by molar-refractivity contribution is 9.10. The van der Waals surface area contributed by atoms with Gasteiger partial charge in [0.1, 0.15) is 6.10 Å². The highest BCUT2D eigenvalue weighted by Gasteiger charge is 2.28. The Morgan fingerprint density at radius 1 is 1.59 bits per heavy atom. The molecule has 0 aromatic heterocycles. The van der Waals surface area contributed by atoms with Gasteiger partial charge in [-0.3, -0.25) is 4.90 Å². The van der Waals surface area contributed by atoms with E-state index in [2.05, 4.69) is 15.9 Å². The minimum absolute atomic E-state index is 0.116. The van der Waals surface area contributed by atoms with Crippen molar-refractivity contribution in [3.63, 3.8) is 0 Å². The number of aliphatic hydroxyl groups excluding tert-OH is 1. The van der Waals surface area contributed by atoms with Crippen molar-refractivity contribution in [1.29, 1.82) is 0 Å². The second-order valence-electron chi connectivity index (χ2n) is 4.08. The minimum Gasteiger partial charge on any atom is -0.443 e. The lowest BCUT2D eigenvalue weighted by Gasteiger charge is -2.31. The number of benzene rings is 1. The summed E-state index contributed by atoms with van der Waals surface area (Å²) in [5.74, 6) is 0. The molecule has 2 rings (SSSR count). The number of ether oxygens (including phenoxy) is 1. The summed E-state index contributed by atoms with van der Waals surface area (Å²) in [4.78, 5) is 13.4. The number of nitrogens with zero attached hydrogens (tertiary/aromatic N) is 1. The summed E-state index contributed by atoms with van der Waals surface area (Å²) in [5, 5.41) is 8.95. The van der Waals surface area contributed by atoms with Crippen LogP contribution in [0.15, 0.2) is 22.7 Å². The van der Waals surface area contributed by atoms with Crippen LogP contribution in [-0.2, 0) is 4.74 Å². The van der Waals surface area contributed by atoms with Crippen molar-refractivity contribution < 1.29 is 14.6 Å². The number of cyclic esters (lactones) is 1. The molecule has 1 saturated heterocycles. The fourth-order valence-corrected chi connectivity index (χ4v) is 2.51. The number of carbonyl (C=O) groups is 1. The standard InChI is InChI=1S/C12H14BrNO3/c1-8-2-3-11(10(13)6-8)14-5-4-9(7-15)17-12(14)16/h2-3,6,9,15H,4-5,7H2,1H3. The van der Waals surface area contributed by atoms with Crippen molar-refractivity contribution in [3.8, 4) is 0 Å². The molecule has 1 amide bonds. The summed E-state index contributed by atoms with van der Waals surface area (Å²) in [6, 6.07) is 5.80. The number of anilines is 1. The molecule has 1 atom stereocenters. The van der Waals surface area contributed by atoms with Gasteiger partial charge in [0.2, 0.25) is 0 Å². The Hall–Kier alpha value is -1.07. The Morgan fingerprint density at radius 3 is 2.94 bits per heavy atom. The number of rotatable bonds is 2. The molecular weight excluding hydrogens is 286 g/mol. The first-order valence-corrected chi connectivity index (χ1v) is 6.26. The third kappa shape index (κ3) is 2.61. The summed E-state index contributed by atoms with van der Waals surface area (Å²) < 4.78 is 5.98. The van der Waals surface area contributed by atoms with Gasteiger partial charge in [0.05, 0.1) is 12.3 Å². The largest absolute Gasteiger partial charge is 0.443 e. The van der Waals surface area contributed by atoms with Crippen molar-refractivity contribution in [2.24, 2.45) is 0 Å². The van der Waals surface area contributed by atoms with Crippen LogP contribution >= 0.6 is 15.9 Å². The molecule has 0 saturated carbocycles. The molecule has 1 unspecified atom stereocenters. The van der Waals surface area contributed by atoms with Gasteiger partial charge in [-0.1, -0.05) is 6.07 Å². The van der Waals surface area contributed by atoms with Gasteiger partial charge < -0.3 is 9.84 Å². The molecule has 0 radical (unpaired) electrons. The van der Waals surface area contributed by atoms with Gasteiger partial charge in [-0.15, -0.1) is 0 Å². The number of aliphatic hydroxyl groups is 1. The molecule has 0 spiro atoms. The zero-order valence-electron chi connectivity index (χ0n) is 9.52. The maximum atomic E-state index is 11.8. The normalized spacial score (nSPS) is 20.3. The molecule has 5 heteroatoms. The highest BCUT2D eigenvalue weighted by atomic mass is 79.9. The Kier molecular flexibility index (Phi) is 3.69. The summed E-state index contributed by atoms with van der Waals surface area (Å²) >= 11 is 3.44. The van der Waals surface area contributed by atoms with E-state index in [9.17, 15) is 4.79 Å². The molecule has 1 N–H and O–H groups in total. The van der Waals surface area contributed by atoms with E-state index in [0.29, 0.717) is 13.0 Å². The predicted molar refractivity (Wildman–Crippen MR) is 68.2 cm³/mol. The van der Waals surface area contributed by atoms with Crippen LogP contribution in [0.1, 0.15) is 12.0 Å². The first-order valence-electron chi connectivity index (χ1n) is 5.47. The van der Waals surface area contributed by atoms with Gasteiger partial charge >= 0.3 is 6.09 Å². The predicted octanol–water partition coefficient (Wildman–Crippen LogP) is 2.47. The van der Waals surface area contributed by atoms with Crippen LogP contribution in [-0.4, -0.2) is 30.5 Å². The minimum atomic E-state index is -0.403. The van der Waals surface area contributed by atoms with Crippen LogP contribution in [0.4, 0.5) is 10.5 Å². The molecule has 1 aromatic carbocycles. The van der Waals surface area contributed by atoms with E-state index in [1.165, 1.54) is 0 Å². The Balaban J connectivity index is 2.20. The van der Waals surface area contributed by atoms with Gasteiger partial charge in [0.25, 0.3) is 0 Å². The van der Waals surface area contributed by atoms with Gasteiger partial charge in [-0.25, -0.2) is 4.79 Å². The van der Waals surface area contributed by atoms with Crippen LogP contribution in [0, 0.1) is 6.92 Å². The second-order valence-corrected chi connectivity index (χ2v) is 4.94. The van der Waals surface area contributed by atoms with Crippen LogP contribution in [0.5, 0.6) is 0 Å². The molecular formula is C12H14BrNO3. The van der Waals surface area contributed by atoms with E-state index >= 15 is 0 Å². The highest BCUT2D eigenvalue weighted by Crippen LogP contribution is 2.29. The van der Waals surface area contributed by atoms with Crippen LogP contribution < -0.4 is 4.90 Å². The third-order valence-corrected chi connectivity index (χ3v) is 3.40. The Labute approximate surface area is 108 Å². The van der Waals surface area contributed by atoms with Crippen LogP contribution in [0.25, 0.3) is 0 Å². The second kappa shape index (κ2) is 5.06. The molecule has 0 aliphatic carbocycles. The number of carbonyl (C=O) groups excluding carboxylic acids is 1. The average Bonchev–Trinajstić information content (AvgIpc) is 2.30. The van der Waals surface area contributed by atoms with Crippen molar-refractivity contribution in [1.82, 2.24) is 0 Å². The molecule has 17 heavy (non-hydrogen) atoms. The van der Waals surface area contributed by atoms with Crippen molar-refractivity contribution in [3.05, 3.63) is 28.2 Å². The van der Waals surface area contributed by atoms with Crippen LogP contribution in [0.2, 0.25) is 0 Å². The van der Waals surface area contributed by atoms with E-state index in [0.717, 1.165) is 15.7 Å². The summed E-state index contributed by atoms with van der Waals surface area (Å²) in [6.45, 7) is 2.44. The fraction of sp³-hybridized carbons (Fsp3) is 0.417. The summed E-state index contributed by atoms with van der Waals surface area (Å²) in [6.07, 6.45) is -0.134. The topological polar surface area (TPSA) is 49.8 Å². The fourth-order valence-electron chi connectivity index (χ4n) is 1.81. The Morgan fingerprint density at radius 2 is 2.35 bits per heavy atom. The molecule has 4 nitrogen and oxygen atoms in total.